The third-order valence-electron chi connectivity index (χ3n) is 9.26. The maximum Gasteiger partial charge on any atom is 0.249 e. The van der Waals surface area contributed by atoms with Crippen LogP contribution in [0.1, 0.15) is 80.6 Å². The molecule has 4 bridgehead atoms. The van der Waals surface area contributed by atoms with Crippen LogP contribution in [0.4, 0.5) is 5.69 Å². The molecule has 11 heteroatoms. The number of ketones is 1. The van der Waals surface area contributed by atoms with Crippen molar-refractivity contribution in [3.63, 3.8) is 0 Å². The SMILES string of the molecule is CC(C)C[C@H](O)C(=O)C[C@H]1Cc2ccc3c(c2)C2(c4ccccc4N[C@H]2O3)c2oc(nc2-c2nc(CO)co2)[C@H](C(C)C)NC1=O. The fraction of sp³-hybridized carbons (Fsp3) is 0.429. The number of aliphatic hydroxyl groups excluding tert-OH is 2. The first-order valence-corrected chi connectivity index (χ1v) is 15.8. The molecule has 0 aliphatic carbocycles. The molecule has 0 saturated heterocycles. The number of rotatable bonds is 8. The van der Waals surface area contributed by atoms with E-state index in [4.69, 9.17) is 18.6 Å². The molecule has 1 amide bonds. The van der Waals surface area contributed by atoms with Gasteiger partial charge in [-0.05, 0) is 47.9 Å². The number of anilines is 1. The number of amides is 1. The van der Waals surface area contributed by atoms with Crippen LogP contribution in [0.3, 0.4) is 0 Å². The van der Waals surface area contributed by atoms with Crippen molar-refractivity contribution < 1.29 is 33.4 Å². The summed E-state index contributed by atoms with van der Waals surface area (Å²) >= 11 is 0. The number of carbonyl (C=O) groups excluding carboxylic acids is 2. The number of hydrogen-bond donors (Lipinski definition) is 4. The van der Waals surface area contributed by atoms with E-state index in [0.29, 0.717) is 29.3 Å². The van der Waals surface area contributed by atoms with Gasteiger partial charge in [-0.15, -0.1) is 0 Å². The molecule has 4 aromatic rings. The Morgan fingerprint density at radius 3 is 2.63 bits per heavy atom. The monoisotopic (exact) mass is 626 g/mol. The molecule has 240 valence electrons. The van der Waals surface area contributed by atoms with Crippen LogP contribution >= 0.6 is 0 Å². The number of hydrogen-bond acceptors (Lipinski definition) is 10. The molecule has 5 atom stereocenters. The summed E-state index contributed by atoms with van der Waals surface area (Å²) in [5.41, 5.74) is 3.10. The third-order valence-corrected chi connectivity index (χ3v) is 9.26. The van der Waals surface area contributed by atoms with Gasteiger partial charge >= 0.3 is 0 Å². The summed E-state index contributed by atoms with van der Waals surface area (Å²) in [5.74, 6) is 0.0472. The maximum absolute atomic E-state index is 14.0. The van der Waals surface area contributed by atoms with E-state index in [-0.39, 0.29) is 54.8 Å². The lowest BCUT2D eigenvalue weighted by Crippen LogP contribution is -2.40. The van der Waals surface area contributed by atoms with E-state index in [1.54, 1.807) is 0 Å². The highest BCUT2D eigenvalue weighted by molar-refractivity contribution is 5.89. The van der Waals surface area contributed by atoms with Gasteiger partial charge in [-0.3, -0.25) is 9.59 Å². The van der Waals surface area contributed by atoms with Gasteiger partial charge in [-0.25, -0.2) is 9.97 Å². The highest BCUT2D eigenvalue weighted by Crippen LogP contribution is 2.59. The second-order valence-corrected chi connectivity index (χ2v) is 13.3. The summed E-state index contributed by atoms with van der Waals surface area (Å²) in [6.07, 6.45) is 0.133. The molecule has 7 rings (SSSR count). The largest absolute Gasteiger partial charge is 0.469 e. The number of nitrogens with one attached hydrogen (secondary N) is 2. The molecular formula is C35H38N4O7. The molecule has 5 heterocycles. The van der Waals surface area contributed by atoms with Crippen LogP contribution in [0.15, 0.2) is 57.6 Å². The van der Waals surface area contributed by atoms with Gasteiger partial charge in [0.05, 0.1) is 6.61 Å². The average Bonchev–Trinajstić information content (AvgIpc) is 3.79. The number of para-hydroxylation sites is 1. The lowest BCUT2D eigenvalue weighted by atomic mass is 9.72. The van der Waals surface area contributed by atoms with E-state index < -0.39 is 29.7 Å². The van der Waals surface area contributed by atoms with Gasteiger partial charge in [0.2, 0.25) is 17.7 Å². The Bertz CT molecular complexity index is 1810. The predicted molar refractivity (Wildman–Crippen MR) is 167 cm³/mol. The molecule has 3 aliphatic heterocycles. The zero-order valence-corrected chi connectivity index (χ0v) is 26.2. The Balaban J connectivity index is 1.45. The van der Waals surface area contributed by atoms with E-state index in [0.717, 1.165) is 22.4 Å². The quantitative estimate of drug-likeness (QED) is 0.217. The minimum Gasteiger partial charge on any atom is -0.469 e. The Hall–Kier alpha value is -4.48. The summed E-state index contributed by atoms with van der Waals surface area (Å²) in [6, 6.07) is 13.1. The number of aliphatic hydroxyl groups is 2. The van der Waals surface area contributed by atoms with Gasteiger partial charge in [0.1, 0.15) is 35.3 Å². The lowest BCUT2D eigenvalue weighted by Gasteiger charge is -2.28. The molecule has 4 N–H and O–H groups in total. The molecule has 1 spiro atoms. The highest BCUT2D eigenvalue weighted by atomic mass is 16.5. The summed E-state index contributed by atoms with van der Waals surface area (Å²) in [7, 11) is 0. The maximum atomic E-state index is 14.0. The van der Waals surface area contributed by atoms with Gasteiger partial charge in [-0.1, -0.05) is 58.0 Å². The number of aromatic nitrogens is 2. The van der Waals surface area contributed by atoms with Crippen molar-refractivity contribution in [3.05, 3.63) is 82.8 Å². The number of benzene rings is 2. The zero-order chi connectivity index (χ0) is 32.3. The van der Waals surface area contributed by atoms with Gasteiger partial charge < -0.3 is 34.4 Å². The van der Waals surface area contributed by atoms with Gasteiger partial charge in [0.15, 0.2) is 23.5 Å². The van der Waals surface area contributed by atoms with Crippen molar-refractivity contribution in [2.45, 2.75) is 77.4 Å². The smallest absolute Gasteiger partial charge is 0.249 e. The minimum absolute atomic E-state index is 0.112. The molecule has 11 nitrogen and oxygen atoms in total. The number of nitrogens with zero attached hydrogens (tertiary/aromatic N) is 2. The number of fused-ring (bicyclic) bond motifs is 4. The van der Waals surface area contributed by atoms with Crippen molar-refractivity contribution in [1.29, 1.82) is 0 Å². The van der Waals surface area contributed by atoms with Crippen molar-refractivity contribution in [2.24, 2.45) is 17.8 Å². The van der Waals surface area contributed by atoms with Gasteiger partial charge in [0, 0.05) is 23.6 Å². The number of carbonyl (C=O) groups is 2. The molecule has 0 fully saturated rings. The van der Waals surface area contributed by atoms with Crippen LogP contribution in [0.25, 0.3) is 11.6 Å². The first kappa shape index (κ1) is 30.2. The molecule has 2 aromatic heterocycles. The topological polar surface area (TPSA) is 160 Å². The van der Waals surface area contributed by atoms with Crippen molar-refractivity contribution in [3.8, 4) is 17.3 Å². The first-order valence-electron chi connectivity index (χ1n) is 15.8. The highest BCUT2D eigenvalue weighted by Gasteiger charge is 2.61. The Morgan fingerprint density at radius 1 is 1.09 bits per heavy atom. The molecule has 46 heavy (non-hydrogen) atoms. The average molecular weight is 627 g/mol. The second kappa shape index (κ2) is 11.4. The molecule has 3 aliphatic rings. The van der Waals surface area contributed by atoms with Gasteiger partial charge in [-0.2, -0.15) is 0 Å². The summed E-state index contributed by atoms with van der Waals surface area (Å²) in [6.45, 7) is 7.48. The third kappa shape index (κ3) is 4.80. The van der Waals surface area contributed by atoms with Crippen LogP contribution < -0.4 is 15.4 Å². The molecular weight excluding hydrogens is 588 g/mol. The Labute approximate surface area is 266 Å². The van der Waals surface area contributed by atoms with Crippen LogP contribution in [0.2, 0.25) is 0 Å². The Morgan fingerprint density at radius 2 is 1.89 bits per heavy atom. The van der Waals surface area contributed by atoms with Gasteiger partial charge in [0.25, 0.3) is 0 Å². The molecule has 0 radical (unpaired) electrons. The lowest BCUT2D eigenvalue weighted by molar-refractivity contribution is -0.134. The van der Waals surface area contributed by atoms with E-state index in [1.807, 2.05) is 70.2 Å². The number of ether oxygens (including phenoxy) is 1. The molecule has 0 saturated carbocycles. The molecule has 1 unspecified atom stereocenters. The van der Waals surface area contributed by atoms with Crippen LogP contribution in [0, 0.1) is 17.8 Å². The predicted octanol–water partition coefficient (Wildman–Crippen LogP) is 4.65. The summed E-state index contributed by atoms with van der Waals surface area (Å²) < 4.78 is 19.2. The van der Waals surface area contributed by atoms with Crippen molar-refractivity contribution >= 4 is 17.4 Å². The van der Waals surface area contributed by atoms with E-state index >= 15 is 0 Å². The second-order valence-electron chi connectivity index (χ2n) is 13.3. The van der Waals surface area contributed by atoms with E-state index in [2.05, 4.69) is 15.6 Å². The minimum atomic E-state index is -1.14. The van der Waals surface area contributed by atoms with Crippen LogP contribution in [-0.4, -0.2) is 44.2 Å². The standard InChI is InChI=1S/C35H38N4O7/c1-17(2)11-25(41)26(42)14-20-12-19-9-10-27-23(13-19)35(22-7-5-6-8-24(22)37-34(35)45-27)30-29(32-36-21(15-40)16-44-32)39-33(46-30)28(18(3)4)38-31(20)43/h5-10,13,16-18,20,25,28,34,37,40-41H,11-12,14-15H2,1-4H3,(H,38,43)/t20-,25+,28+,34+,35?/m1/s1. The fourth-order valence-electron chi connectivity index (χ4n) is 7.01. The van der Waals surface area contributed by atoms with Crippen LogP contribution in [-0.2, 0) is 28.0 Å². The van der Waals surface area contributed by atoms with Crippen molar-refractivity contribution in [2.75, 3.05) is 5.32 Å². The van der Waals surface area contributed by atoms with E-state index in [9.17, 15) is 19.8 Å². The number of Topliss-reactive ketones (excluding diaryl/α,β-unsaturated/α-hetero) is 1. The normalized spacial score (nSPS) is 23.6. The summed E-state index contributed by atoms with van der Waals surface area (Å²) in [5, 5.41) is 27.1. The zero-order valence-electron chi connectivity index (χ0n) is 26.2. The van der Waals surface area contributed by atoms with E-state index in [1.165, 1.54) is 6.26 Å². The Kier molecular flexibility index (Phi) is 7.48. The fourth-order valence-corrected chi connectivity index (χ4v) is 7.01. The van der Waals surface area contributed by atoms with Crippen LogP contribution in [0.5, 0.6) is 5.75 Å². The van der Waals surface area contributed by atoms with Crippen molar-refractivity contribution in [1.82, 2.24) is 15.3 Å². The summed E-state index contributed by atoms with van der Waals surface area (Å²) in [4.78, 5) is 36.7. The molecule has 2 aromatic carbocycles. The first-order chi connectivity index (χ1) is 22.1. The number of oxazole rings is 2.